The van der Waals surface area contributed by atoms with Crippen molar-refractivity contribution < 1.29 is 151 Å². The van der Waals surface area contributed by atoms with Gasteiger partial charge in [0.1, 0.15) is 26.4 Å². The SMILES string of the molecule is Cc1ccc(S(=O)(=O)OCC#CCO)cc1.O=C(OCc1ccccc1)N1CCN(CC#CCO)CC1.O=CO[O-].[H-].[K+].[K+]. The Morgan fingerprint density at radius 3 is 2.05 bits per heavy atom. The Balaban J connectivity index is -0.000000657. The summed E-state index contributed by atoms with van der Waals surface area (Å²) in [5, 5.41) is 25.4. The molecule has 0 unspecified atom stereocenters. The number of aryl methyl sites for hydroxylation is 1. The first-order valence-electron chi connectivity index (χ1n) is 12.3. The zero-order valence-electron chi connectivity index (χ0n) is 25.6. The molecule has 12 nitrogen and oxygen atoms in total. The van der Waals surface area contributed by atoms with Gasteiger partial charge in [-0.1, -0.05) is 71.7 Å². The molecule has 2 aromatic rings. The van der Waals surface area contributed by atoms with Gasteiger partial charge in [0.05, 0.1) is 11.4 Å². The molecule has 2 aromatic carbocycles. The third-order valence-electron chi connectivity index (χ3n) is 5.18. The van der Waals surface area contributed by atoms with Crippen LogP contribution in [-0.2, 0) is 35.3 Å². The maximum atomic E-state index is 12.0. The summed E-state index contributed by atoms with van der Waals surface area (Å²) in [5.41, 5.74) is 1.96. The van der Waals surface area contributed by atoms with Crippen molar-refractivity contribution in [3.8, 4) is 23.7 Å². The van der Waals surface area contributed by atoms with Gasteiger partial charge in [-0.15, -0.1) is 0 Å². The van der Waals surface area contributed by atoms with Crippen molar-refractivity contribution >= 4 is 22.7 Å². The number of aliphatic hydroxyl groups is 2. The van der Waals surface area contributed by atoms with Gasteiger partial charge in [0.15, 0.2) is 0 Å². The summed E-state index contributed by atoms with van der Waals surface area (Å²) >= 11 is 0. The van der Waals surface area contributed by atoms with Crippen molar-refractivity contribution in [3.05, 3.63) is 65.7 Å². The Hall–Kier alpha value is -0.677. The molecule has 0 atom stereocenters. The largest absolute Gasteiger partial charge is 1.00 e. The van der Waals surface area contributed by atoms with E-state index in [9.17, 15) is 13.2 Å². The molecule has 1 fully saturated rings. The van der Waals surface area contributed by atoms with Crippen molar-refractivity contribution in [2.24, 2.45) is 0 Å². The third kappa shape index (κ3) is 20.9. The molecule has 0 radical (unpaired) electrons. The first kappa shape index (κ1) is 44.4. The zero-order chi connectivity index (χ0) is 30.3. The number of amides is 1. The van der Waals surface area contributed by atoms with E-state index in [2.05, 4.69) is 37.7 Å². The maximum Gasteiger partial charge on any atom is 1.00 e. The van der Waals surface area contributed by atoms with Crippen LogP contribution in [0.5, 0.6) is 0 Å². The Morgan fingerprint density at radius 2 is 1.51 bits per heavy atom. The first-order valence-corrected chi connectivity index (χ1v) is 13.7. The smallest absolute Gasteiger partial charge is 1.00 e. The number of carbonyl (C=O) groups excluding carboxylic acids is 2. The van der Waals surface area contributed by atoms with Gasteiger partial charge in [-0.05, 0) is 24.6 Å². The molecule has 0 aliphatic carbocycles. The predicted octanol–water partition coefficient (Wildman–Crippen LogP) is -5.81. The summed E-state index contributed by atoms with van der Waals surface area (Å²) in [6, 6.07) is 16.0. The topological polar surface area (TPSA) is 166 Å². The average Bonchev–Trinajstić information content (AvgIpc) is 3.00. The van der Waals surface area contributed by atoms with Gasteiger partial charge in [0, 0.05) is 26.2 Å². The molecule has 15 heteroatoms. The van der Waals surface area contributed by atoms with Crippen molar-refractivity contribution in [2.75, 3.05) is 52.5 Å². The number of carbonyl (C=O) groups is 2. The summed E-state index contributed by atoms with van der Waals surface area (Å²) in [4.78, 5) is 27.2. The Bertz CT molecular complexity index is 1270. The summed E-state index contributed by atoms with van der Waals surface area (Å²) < 4.78 is 33.1. The minimum Gasteiger partial charge on any atom is -1.00 e. The molecule has 224 valence electrons. The van der Waals surface area contributed by atoms with Crippen LogP contribution in [0.25, 0.3) is 0 Å². The quantitative estimate of drug-likeness (QED) is 0.0721. The molecule has 2 N–H and O–H groups in total. The summed E-state index contributed by atoms with van der Waals surface area (Å²) in [7, 11) is -3.74. The summed E-state index contributed by atoms with van der Waals surface area (Å²) in [6.45, 7) is 4.81. The van der Waals surface area contributed by atoms with Crippen LogP contribution in [0.1, 0.15) is 12.6 Å². The van der Waals surface area contributed by atoms with E-state index in [0.717, 1.165) is 24.2 Å². The number of piperazine rings is 1. The van der Waals surface area contributed by atoms with Crippen LogP contribution in [0.15, 0.2) is 59.5 Å². The number of hydrogen-bond acceptors (Lipinski definition) is 11. The van der Waals surface area contributed by atoms with E-state index in [4.69, 9.17) is 25.0 Å². The third-order valence-corrected chi connectivity index (χ3v) is 6.46. The molecule has 43 heavy (non-hydrogen) atoms. The molecule has 0 spiro atoms. The normalized spacial score (nSPS) is 11.9. The van der Waals surface area contributed by atoms with E-state index < -0.39 is 10.1 Å². The number of aliphatic hydroxyl groups excluding tert-OH is 2. The van der Waals surface area contributed by atoms with Crippen LogP contribution < -0.4 is 108 Å². The number of rotatable bonds is 7. The fourth-order valence-electron chi connectivity index (χ4n) is 3.11. The van der Waals surface area contributed by atoms with E-state index in [1.807, 2.05) is 37.3 Å². The molecule has 0 bridgehead atoms. The minimum atomic E-state index is -3.74. The fraction of sp³-hybridized carbons (Fsp3) is 0.357. The van der Waals surface area contributed by atoms with Gasteiger partial charge >= 0.3 is 109 Å². The van der Waals surface area contributed by atoms with Crippen LogP contribution >= 0.6 is 0 Å². The monoisotopic (exact) mass is 668 g/mol. The summed E-state index contributed by atoms with van der Waals surface area (Å²) in [5.74, 6) is 10.2. The van der Waals surface area contributed by atoms with Crippen LogP contribution in [0, 0.1) is 30.6 Å². The Kier molecular flexibility index (Phi) is 28.5. The number of benzene rings is 2. The van der Waals surface area contributed by atoms with Gasteiger partial charge in [-0.3, -0.25) is 13.9 Å². The zero-order valence-corrected chi connectivity index (χ0v) is 31.7. The molecule has 0 saturated carbocycles. The van der Waals surface area contributed by atoms with E-state index >= 15 is 0 Å². The second kappa shape index (κ2) is 27.6. The molecule has 3 rings (SSSR count). The van der Waals surface area contributed by atoms with Crippen LogP contribution in [0.3, 0.4) is 0 Å². The van der Waals surface area contributed by atoms with Crippen molar-refractivity contribution in [1.82, 2.24) is 9.80 Å². The van der Waals surface area contributed by atoms with Crippen molar-refractivity contribution in [3.63, 3.8) is 0 Å². The molecular formula is C28H34K2N2O10S. The Labute approximate surface area is 339 Å². The standard InChI is InChI=1S/C16H20N2O3.C11H12O4S.CH2O3.2K.H/c19-13-5-4-8-17-9-11-18(12-10-17)16(20)21-14-15-6-2-1-3-7-15;1-10-4-6-11(7-5-10)16(13,14)15-9-3-2-8-12;2-1-4-3;;;/h1-3,6-7,19H,8-14H2;4-7,12H,8-9H2,1H3;1,3H;;;/q;;;2*+1;-1/p-1. The molecule has 1 amide bonds. The van der Waals surface area contributed by atoms with Crippen molar-refractivity contribution in [1.29, 1.82) is 0 Å². The van der Waals surface area contributed by atoms with E-state index in [1.165, 1.54) is 12.1 Å². The first-order chi connectivity index (χ1) is 19.8. The van der Waals surface area contributed by atoms with Crippen LogP contribution in [-0.4, -0.2) is 93.5 Å². The van der Waals surface area contributed by atoms with Gasteiger partial charge in [0.25, 0.3) is 16.6 Å². The van der Waals surface area contributed by atoms with Gasteiger partial charge in [-0.2, -0.15) is 8.42 Å². The second-order valence-corrected chi connectivity index (χ2v) is 9.66. The van der Waals surface area contributed by atoms with Gasteiger partial charge in [0.2, 0.25) is 0 Å². The maximum absolute atomic E-state index is 12.0. The molecular weight excluding hydrogens is 635 g/mol. The average molecular weight is 669 g/mol. The predicted molar refractivity (Wildman–Crippen MR) is 147 cm³/mol. The minimum absolute atomic E-state index is 0. The number of hydrogen-bond donors (Lipinski definition) is 2. The Morgan fingerprint density at radius 1 is 0.953 bits per heavy atom. The van der Waals surface area contributed by atoms with Gasteiger partial charge in [-0.25, -0.2) is 4.79 Å². The molecule has 1 heterocycles. The van der Waals surface area contributed by atoms with E-state index in [0.29, 0.717) is 26.2 Å². The van der Waals surface area contributed by atoms with Crippen molar-refractivity contribution in [2.45, 2.75) is 18.4 Å². The number of ether oxygens (including phenoxy) is 1. The summed E-state index contributed by atoms with van der Waals surface area (Å²) in [6.07, 6.45) is -0.264. The fourth-order valence-corrected chi connectivity index (χ4v) is 3.93. The van der Waals surface area contributed by atoms with Crippen LogP contribution in [0.2, 0.25) is 0 Å². The van der Waals surface area contributed by atoms with Crippen LogP contribution in [0.4, 0.5) is 4.79 Å². The molecule has 1 aliphatic heterocycles. The van der Waals surface area contributed by atoms with Gasteiger partial charge < -0.3 is 31.4 Å². The van der Waals surface area contributed by atoms with E-state index in [1.54, 1.807) is 17.0 Å². The second-order valence-electron chi connectivity index (χ2n) is 8.05. The van der Waals surface area contributed by atoms with E-state index in [-0.39, 0.29) is 141 Å². The molecule has 1 aliphatic rings. The molecule has 1 saturated heterocycles. The molecule has 0 aromatic heterocycles. The number of nitrogens with zero attached hydrogens (tertiary/aromatic N) is 2.